The van der Waals surface area contributed by atoms with Gasteiger partial charge in [-0.05, 0) is 24.3 Å². The molecular weight excluding hydrogens is 476 g/mol. The van der Waals surface area contributed by atoms with Gasteiger partial charge in [0.15, 0.2) is 12.0 Å². The van der Waals surface area contributed by atoms with Gasteiger partial charge in [0.25, 0.3) is 0 Å². The van der Waals surface area contributed by atoms with E-state index in [2.05, 4.69) is 9.97 Å². The number of anilines is 1. The summed E-state index contributed by atoms with van der Waals surface area (Å²) in [5.74, 6) is -1.03. The maximum absolute atomic E-state index is 15.2. The number of benzene rings is 1. The summed E-state index contributed by atoms with van der Waals surface area (Å²) in [7, 11) is 0. The summed E-state index contributed by atoms with van der Waals surface area (Å²) in [6.45, 7) is 2.40. The van der Waals surface area contributed by atoms with Gasteiger partial charge in [0.05, 0.1) is 48.7 Å². The molecule has 2 aromatic heterocycles. The van der Waals surface area contributed by atoms with Gasteiger partial charge >= 0.3 is 0 Å². The van der Waals surface area contributed by atoms with Gasteiger partial charge in [-0.25, -0.2) is 13.8 Å². The molecule has 192 valence electrons. The van der Waals surface area contributed by atoms with E-state index in [1.807, 2.05) is 4.90 Å². The Kier molecular flexibility index (Phi) is 6.26. The number of nitrogens with one attached hydrogen (secondary N) is 1. The van der Waals surface area contributed by atoms with Crippen LogP contribution in [0.2, 0.25) is 0 Å². The van der Waals surface area contributed by atoms with E-state index in [9.17, 15) is 10.2 Å². The Bertz CT molecular complexity index is 1240. The maximum atomic E-state index is 15.2. The molecule has 0 radical (unpaired) electrons. The molecule has 0 unspecified atom stereocenters. The fourth-order valence-corrected chi connectivity index (χ4v) is 5.18. The first-order valence-electron chi connectivity index (χ1n) is 12.1. The summed E-state index contributed by atoms with van der Waals surface area (Å²) in [6.07, 6.45) is -1.80. The molecule has 3 fully saturated rings. The summed E-state index contributed by atoms with van der Waals surface area (Å²) < 4.78 is 53.1. The maximum Gasteiger partial charge on any atom is 0.197 e. The summed E-state index contributed by atoms with van der Waals surface area (Å²) >= 11 is 0. The van der Waals surface area contributed by atoms with Crippen LogP contribution in [0.15, 0.2) is 24.3 Å². The molecule has 0 aliphatic carbocycles. The van der Waals surface area contributed by atoms with Gasteiger partial charge in [0, 0.05) is 37.4 Å². The fraction of sp³-hybridized carbons (Fsp3) is 0.480. The molecule has 5 heterocycles. The average molecular weight is 504 g/mol. The zero-order valence-corrected chi connectivity index (χ0v) is 19.5. The van der Waals surface area contributed by atoms with Gasteiger partial charge in [-0.2, -0.15) is 0 Å². The van der Waals surface area contributed by atoms with E-state index in [0.717, 1.165) is 0 Å². The molecule has 3 aliphatic rings. The summed E-state index contributed by atoms with van der Waals surface area (Å²) in [4.78, 5) is 9.60. The number of H-pyrrole nitrogens is 1. The Morgan fingerprint density at radius 3 is 2.58 bits per heavy atom. The molecule has 4 atom stereocenters. The first kappa shape index (κ1) is 23.6. The summed E-state index contributed by atoms with van der Waals surface area (Å²) in [5.41, 5.74) is 2.03. The number of hydrogen-bond donors (Lipinski definition) is 3. The number of nitrogens with zero attached hydrogens (tertiary/aromatic N) is 2. The van der Waals surface area contributed by atoms with Gasteiger partial charge in [-0.15, -0.1) is 0 Å². The van der Waals surface area contributed by atoms with Crippen LogP contribution in [-0.4, -0.2) is 90.7 Å². The molecule has 9 nitrogen and oxygen atoms in total. The molecular formula is C25H27F2N3O6. The zero-order chi connectivity index (χ0) is 24.8. The van der Waals surface area contributed by atoms with Crippen molar-refractivity contribution in [1.82, 2.24) is 9.97 Å². The highest BCUT2D eigenvalue weighted by Gasteiger charge is 2.48. The third-order valence-electron chi connectivity index (χ3n) is 6.98. The van der Waals surface area contributed by atoms with Crippen molar-refractivity contribution in [2.45, 2.75) is 30.8 Å². The lowest BCUT2D eigenvalue weighted by atomic mass is 10.1. The van der Waals surface area contributed by atoms with E-state index in [4.69, 9.17) is 18.9 Å². The summed E-state index contributed by atoms with van der Waals surface area (Å²) in [6, 6.07) is 5.88. The Morgan fingerprint density at radius 1 is 1.08 bits per heavy atom. The molecule has 0 saturated carbocycles. The van der Waals surface area contributed by atoms with Crippen LogP contribution in [-0.2, 0) is 20.6 Å². The predicted octanol–water partition coefficient (Wildman–Crippen LogP) is 1.79. The lowest BCUT2D eigenvalue weighted by molar-refractivity contribution is 0.00773. The van der Waals surface area contributed by atoms with Crippen LogP contribution in [0.1, 0.15) is 5.56 Å². The normalized spacial score (nSPS) is 26.1. The molecule has 36 heavy (non-hydrogen) atoms. The van der Waals surface area contributed by atoms with Crippen molar-refractivity contribution in [3.8, 4) is 17.1 Å². The van der Waals surface area contributed by atoms with Crippen LogP contribution in [0.5, 0.6) is 5.88 Å². The number of aromatic amines is 1. The van der Waals surface area contributed by atoms with E-state index in [1.165, 1.54) is 12.1 Å². The highest BCUT2D eigenvalue weighted by atomic mass is 19.1. The van der Waals surface area contributed by atoms with Crippen molar-refractivity contribution in [2.75, 3.05) is 51.0 Å². The Labute approximate surface area is 205 Å². The molecule has 1 aromatic carbocycles. The molecule has 0 spiro atoms. The third-order valence-corrected chi connectivity index (χ3v) is 6.98. The van der Waals surface area contributed by atoms with Crippen LogP contribution < -0.4 is 9.64 Å². The van der Waals surface area contributed by atoms with E-state index in [1.54, 1.807) is 12.1 Å². The van der Waals surface area contributed by atoms with Gasteiger partial charge in [-0.1, -0.05) is 0 Å². The minimum Gasteiger partial charge on any atom is -0.470 e. The van der Waals surface area contributed by atoms with Crippen molar-refractivity contribution >= 4 is 16.7 Å². The van der Waals surface area contributed by atoms with E-state index in [0.29, 0.717) is 54.5 Å². The lowest BCUT2D eigenvalue weighted by Gasteiger charge is -2.29. The van der Waals surface area contributed by atoms with Crippen LogP contribution in [0.4, 0.5) is 14.5 Å². The topological polar surface area (TPSA) is 109 Å². The first-order valence-corrected chi connectivity index (χ1v) is 12.1. The lowest BCUT2D eigenvalue weighted by Crippen LogP contribution is -2.36. The number of aliphatic hydroxyl groups excluding tert-OH is 2. The van der Waals surface area contributed by atoms with Crippen molar-refractivity contribution < 1.29 is 37.9 Å². The first-order chi connectivity index (χ1) is 17.5. The van der Waals surface area contributed by atoms with Gasteiger partial charge in [0.2, 0.25) is 0 Å². The molecule has 3 aromatic rings. The number of pyridine rings is 1. The monoisotopic (exact) mass is 503 g/mol. The summed E-state index contributed by atoms with van der Waals surface area (Å²) in [5, 5.41) is 19.7. The minimum absolute atomic E-state index is 0.141. The number of fused-ring (bicyclic) bond motifs is 2. The van der Waals surface area contributed by atoms with E-state index >= 15 is 8.78 Å². The standard InChI is InChI=1S/C25H27F2N3O6/c26-15-9-13(30-4-7-33-8-5-30)10-16(27)21(15)17-1-2-18-22(28-17)14(3-6-31)25(29-18)36-20-12-35-23-19(32)11-34-24(20)23/h1-2,9-10,19-20,23-24,29,31-32H,3-8,11-12H2/t19-,20-,23-,24-/m1/s1. The number of halogens is 2. The largest absolute Gasteiger partial charge is 0.470 e. The number of aromatic nitrogens is 2. The van der Waals surface area contributed by atoms with Gasteiger partial charge < -0.3 is 39.0 Å². The molecule has 3 saturated heterocycles. The molecule has 0 amide bonds. The number of hydrogen-bond acceptors (Lipinski definition) is 8. The average Bonchev–Trinajstić information content (AvgIpc) is 3.55. The number of morpholine rings is 1. The van der Waals surface area contributed by atoms with Crippen LogP contribution in [0.3, 0.4) is 0 Å². The second-order valence-electron chi connectivity index (χ2n) is 9.20. The fourth-order valence-electron chi connectivity index (χ4n) is 5.18. The van der Waals surface area contributed by atoms with Gasteiger partial charge in [0.1, 0.15) is 29.9 Å². The van der Waals surface area contributed by atoms with E-state index < -0.39 is 36.1 Å². The van der Waals surface area contributed by atoms with Crippen molar-refractivity contribution in [2.24, 2.45) is 0 Å². The number of ether oxygens (including phenoxy) is 4. The number of rotatable bonds is 6. The third kappa shape index (κ3) is 4.10. The van der Waals surface area contributed by atoms with Crippen LogP contribution in [0, 0.1) is 11.6 Å². The second kappa shape index (κ2) is 9.56. The van der Waals surface area contributed by atoms with E-state index in [-0.39, 0.29) is 37.5 Å². The quantitative estimate of drug-likeness (QED) is 0.467. The Morgan fingerprint density at radius 2 is 1.83 bits per heavy atom. The van der Waals surface area contributed by atoms with Crippen molar-refractivity contribution in [3.05, 3.63) is 41.5 Å². The Balaban J connectivity index is 1.33. The molecule has 11 heteroatoms. The highest BCUT2D eigenvalue weighted by molar-refractivity contribution is 5.85. The van der Waals surface area contributed by atoms with Crippen molar-refractivity contribution in [1.29, 1.82) is 0 Å². The van der Waals surface area contributed by atoms with Crippen LogP contribution in [0.25, 0.3) is 22.3 Å². The predicted molar refractivity (Wildman–Crippen MR) is 125 cm³/mol. The SMILES string of the molecule is OCCc1c(O[C@@H]2CO[C@H]3[C@@H]2OC[C@H]3O)[nH]c2ccc(-c3c(F)cc(N4CCOCC4)cc3F)nc12. The smallest absolute Gasteiger partial charge is 0.197 e. The minimum atomic E-state index is -0.704. The molecule has 6 rings (SSSR count). The zero-order valence-electron chi connectivity index (χ0n) is 19.5. The Hall–Kier alpha value is -2.83. The molecule has 3 aliphatic heterocycles. The van der Waals surface area contributed by atoms with Crippen molar-refractivity contribution in [3.63, 3.8) is 0 Å². The molecule has 3 N–H and O–H groups in total. The second-order valence-corrected chi connectivity index (χ2v) is 9.20. The number of aliphatic hydroxyl groups is 2. The molecule has 0 bridgehead atoms. The van der Waals surface area contributed by atoms with Gasteiger partial charge in [-0.3, -0.25) is 0 Å². The van der Waals surface area contributed by atoms with Crippen LogP contribution >= 0.6 is 0 Å². The highest BCUT2D eigenvalue weighted by Crippen LogP contribution is 2.36.